The van der Waals surface area contributed by atoms with Crippen LogP contribution in [0.3, 0.4) is 0 Å². The Morgan fingerprint density at radius 3 is 2.47 bits per heavy atom. The van der Waals surface area contributed by atoms with Crippen LogP contribution in [0.4, 0.5) is 8.78 Å². The van der Waals surface area contributed by atoms with E-state index in [0.29, 0.717) is 5.56 Å². The first-order valence-electron chi connectivity index (χ1n) is 4.24. The molecule has 0 atom stereocenters. The molecule has 15 heavy (non-hydrogen) atoms. The summed E-state index contributed by atoms with van der Waals surface area (Å²) in [5.41, 5.74) is 5.50. The van der Waals surface area contributed by atoms with Gasteiger partial charge in [-0.05, 0) is 6.07 Å². The minimum absolute atomic E-state index is 0.0197. The third-order valence-electron chi connectivity index (χ3n) is 1.89. The Morgan fingerprint density at radius 2 is 2.07 bits per heavy atom. The van der Waals surface area contributed by atoms with Crippen molar-refractivity contribution < 1.29 is 18.3 Å². The molecule has 0 aromatic carbocycles. The van der Waals surface area contributed by atoms with Crippen LogP contribution in [-0.2, 0) is 6.54 Å². The summed E-state index contributed by atoms with van der Waals surface area (Å²) < 4.78 is 34.7. The second kappa shape index (κ2) is 4.88. The van der Waals surface area contributed by atoms with E-state index in [1.807, 2.05) is 0 Å². The maximum atomic E-state index is 12.5. The van der Waals surface area contributed by atoms with Crippen molar-refractivity contribution in [1.29, 1.82) is 0 Å². The zero-order valence-corrected chi connectivity index (χ0v) is 8.46. The molecule has 1 heterocycles. The minimum Gasteiger partial charge on any atom is -0.495 e. The molecule has 0 bridgehead atoms. The van der Waals surface area contributed by atoms with Gasteiger partial charge in [0.25, 0.3) is 6.43 Å². The normalized spacial score (nSPS) is 10.5. The summed E-state index contributed by atoms with van der Waals surface area (Å²) in [5.74, 6) is 0.125. The maximum absolute atomic E-state index is 12.5. The molecular weight excluding hydrogens is 206 g/mol. The molecule has 0 aliphatic carbocycles. The van der Waals surface area contributed by atoms with Crippen LogP contribution in [0, 0.1) is 0 Å². The molecule has 1 aromatic rings. The van der Waals surface area contributed by atoms with Gasteiger partial charge in [-0.2, -0.15) is 0 Å². The van der Waals surface area contributed by atoms with Gasteiger partial charge >= 0.3 is 0 Å². The van der Waals surface area contributed by atoms with E-state index >= 15 is 0 Å². The van der Waals surface area contributed by atoms with Crippen LogP contribution in [0.25, 0.3) is 0 Å². The second-order valence-electron chi connectivity index (χ2n) is 2.75. The summed E-state index contributed by atoms with van der Waals surface area (Å²) in [6.45, 7) is 0.149. The van der Waals surface area contributed by atoms with Gasteiger partial charge in [0.1, 0.15) is 5.75 Å². The van der Waals surface area contributed by atoms with Crippen molar-refractivity contribution in [3.05, 3.63) is 17.3 Å². The van der Waals surface area contributed by atoms with Crippen LogP contribution >= 0.6 is 0 Å². The first kappa shape index (κ1) is 11.6. The van der Waals surface area contributed by atoms with Crippen molar-refractivity contribution in [3.8, 4) is 11.6 Å². The monoisotopic (exact) mass is 218 g/mol. The van der Waals surface area contributed by atoms with Gasteiger partial charge in [-0.15, -0.1) is 0 Å². The number of alkyl halides is 2. The molecule has 2 N–H and O–H groups in total. The van der Waals surface area contributed by atoms with Gasteiger partial charge in [0.05, 0.1) is 14.2 Å². The molecule has 0 radical (unpaired) electrons. The summed E-state index contributed by atoms with van der Waals surface area (Å²) >= 11 is 0. The molecule has 0 saturated heterocycles. The van der Waals surface area contributed by atoms with E-state index in [0.717, 1.165) is 0 Å². The van der Waals surface area contributed by atoms with E-state index in [2.05, 4.69) is 4.98 Å². The number of aromatic nitrogens is 1. The Bertz CT molecular complexity index is 345. The Labute approximate surface area is 86.0 Å². The van der Waals surface area contributed by atoms with Crippen LogP contribution in [0.1, 0.15) is 17.7 Å². The fourth-order valence-electron chi connectivity index (χ4n) is 1.17. The molecular formula is C9H12F2N2O2. The first-order valence-corrected chi connectivity index (χ1v) is 4.24. The molecule has 0 aliphatic heterocycles. The van der Waals surface area contributed by atoms with E-state index in [-0.39, 0.29) is 18.2 Å². The van der Waals surface area contributed by atoms with Crippen LogP contribution in [0.5, 0.6) is 11.6 Å². The lowest BCUT2D eigenvalue weighted by Gasteiger charge is -2.11. The molecule has 0 aliphatic rings. The highest BCUT2D eigenvalue weighted by Gasteiger charge is 2.19. The summed E-state index contributed by atoms with van der Waals surface area (Å²) in [5, 5.41) is 0. The Hall–Kier alpha value is -1.43. The summed E-state index contributed by atoms with van der Waals surface area (Å²) in [6.07, 6.45) is -2.71. The fraction of sp³-hybridized carbons (Fsp3) is 0.444. The molecule has 1 aromatic heterocycles. The number of rotatable bonds is 4. The summed E-state index contributed by atoms with van der Waals surface area (Å²) in [6, 6.07) is 1.41. The molecule has 1 rings (SSSR count). The lowest BCUT2D eigenvalue weighted by Crippen LogP contribution is -2.06. The lowest BCUT2D eigenvalue weighted by atomic mass is 10.2. The van der Waals surface area contributed by atoms with Crippen molar-refractivity contribution in [3.63, 3.8) is 0 Å². The van der Waals surface area contributed by atoms with Gasteiger partial charge in [0, 0.05) is 12.1 Å². The van der Waals surface area contributed by atoms with Crippen molar-refractivity contribution in [2.45, 2.75) is 13.0 Å². The topological polar surface area (TPSA) is 57.4 Å². The third-order valence-corrected chi connectivity index (χ3v) is 1.89. The molecule has 0 fully saturated rings. The molecule has 0 spiro atoms. The number of nitrogens with zero attached hydrogens (tertiary/aromatic N) is 1. The van der Waals surface area contributed by atoms with Crippen molar-refractivity contribution >= 4 is 0 Å². The number of ether oxygens (including phenoxy) is 2. The number of nitrogens with two attached hydrogens (primary N) is 1. The highest BCUT2D eigenvalue weighted by molar-refractivity contribution is 5.39. The third kappa shape index (κ3) is 2.33. The van der Waals surface area contributed by atoms with Gasteiger partial charge in [-0.1, -0.05) is 0 Å². The van der Waals surface area contributed by atoms with Crippen molar-refractivity contribution in [1.82, 2.24) is 4.98 Å². The number of pyridine rings is 1. The van der Waals surface area contributed by atoms with E-state index in [9.17, 15) is 8.78 Å². The van der Waals surface area contributed by atoms with Gasteiger partial charge in [0.2, 0.25) is 5.88 Å². The second-order valence-corrected chi connectivity index (χ2v) is 2.75. The van der Waals surface area contributed by atoms with Gasteiger partial charge in [-0.3, -0.25) is 0 Å². The van der Waals surface area contributed by atoms with Gasteiger partial charge in [0.15, 0.2) is 5.69 Å². The zero-order valence-electron chi connectivity index (χ0n) is 8.46. The van der Waals surface area contributed by atoms with Crippen LogP contribution in [-0.4, -0.2) is 19.2 Å². The SMILES string of the molecule is COc1cc(CN)c(OC)nc1C(F)F. The molecule has 84 valence electrons. The zero-order chi connectivity index (χ0) is 11.4. The standard InChI is InChI=1S/C9H12F2N2O2/c1-14-6-3-5(4-12)9(15-2)13-7(6)8(10)11/h3,8H,4,12H2,1-2H3. The highest BCUT2D eigenvalue weighted by Crippen LogP contribution is 2.31. The highest BCUT2D eigenvalue weighted by atomic mass is 19.3. The van der Waals surface area contributed by atoms with Gasteiger partial charge in [-0.25, -0.2) is 13.8 Å². The van der Waals surface area contributed by atoms with Crippen molar-refractivity contribution in [2.75, 3.05) is 14.2 Å². The fourth-order valence-corrected chi connectivity index (χ4v) is 1.17. The number of halogens is 2. The Kier molecular flexibility index (Phi) is 3.79. The average molecular weight is 218 g/mol. The van der Waals surface area contributed by atoms with Crippen LogP contribution in [0.2, 0.25) is 0 Å². The predicted octanol–water partition coefficient (Wildman–Crippen LogP) is 1.50. The smallest absolute Gasteiger partial charge is 0.284 e. The van der Waals surface area contributed by atoms with E-state index in [1.54, 1.807) is 0 Å². The minimum atomic E-state index is -2.71. The number of hydrogen-bond acceptors (Lipinski definition) is 4. The van der Waals surface area contributed by atoms with Crippen molar-refractivity contribution in [2.24, 2.45) is 5.73 Å². The number of hydrogen-bond donors (Lipinski definition) is 1. The molecule has 4 nitrogen and oxygen atoms in total. The first-order chi connectivity index (χ1) is 7.13. The maximum Gasteiger partial charge on any atom is 0.284 e. The van der Waals surface area contributed by atoms with E-state index in [1.165, 1.54) is 20.3 Å². The van der Waals surface area contributed by atoms with Gasteiger partial charge < -0.3 is 15.2 Å². The molecule has 6 heteroatoms. The molecule has 0 saturated carbocycles. The molecule has 0 amide bonds. The average Bonchev–Trinajstić information content (AvgIpc) is 2.26. The van der Waals surface area contributed by atoms with E-state index < -0.39 is 12.1 Å². The summed E-state index contributed by atoms with van der Waals surface area (Å²) in [7, 11) is 2.65. The Morgan fingerprint density at radius 1 is 1.40 bits per heavy atom. The number of methoxy groups -OCH3 is 2. The van der Waals surface area contributed by atoms with Crippen LogP contribution < -0.4 is 15.2 Å². The predicted molar refractivity (Wildman–Crippen MR) is 50.2 cm³/mol. The van der Waals surface area contributed by atoms with Crippen LogP contribution in [0.15, 0.2) is 6.07 Å². The largest absolute Gasteiger partial charge is 0.495 e. The lowest BCUT2D eigenvalue weighted by molar-refractivity contribution is 0.140. The quantitative estimate of drug-likeness (QED) is 0.831. The summed E-state index contributed by atoms with van der Waals surface area (Å²) in [4.78, 5) is 3.66. The Balaban J connectivity index is 3.27. The van der Waals surface area contributed by atoms with E-state index in [4.69, 9.17) is 15.2 Å². The molecule has 0 unspecified atom stereocenters.